The Kier molecular flexibility index (Phi) is 5.84. The number of esters is 1. The minimum Gasteiger partial charge on any atom is -0.502 e. The summed E-state index contributed by atoms with van der Waals surface area (Å²) in [6.45, 7) is 0. The molecule has 0 spiro atoms. The Morgan fingerprint density at radius 3 is 2.50 bits per heavy atom. The lowest BCUT2D eigenvalue weighted by Gasteiger charge is -2.11. The fraction of sp³-hybridized carbons (Fsp3) is 0.238. The van der Waals surface area contributed by atoms with Crippen LogP contribution < -0.4 is 9.47 Å². The zero-order chi connectivity index (χ0) is 20.1. The van der Waals surface area contributed by atoms with Gasteiger partial charge >= 0.3 is 5.97 Å². The number of phenolic OH excluding ortho intramolecular Hbond substituents is 1. The standard InChI is InChI=1S/C21H22N2O5/c1-26-18-8-13(9-19(27-2)20(18)24)11-22-17(21(25)28-3)10-14-12-23-16-7-5-4-6-15(14)16/h4-9,11-12,17,23-24H,10H2,1-3H3/t17-/m0/s1. The van der Waals surface area contributed by atoms with E-state index >= 15 is 0 Å². The van der Waals surface area contributed by atoms with E-state index in [9.17, 15) is 9.90 Å². The summed E-state index contributed by atoms with van der Waals surface area (Å²) in [6.07, 6.45) is 3.81. The maximum Gasteiger partial charge on any atom is 0.330 e. The summed E-state index contributed by atoms with van der Waals surface area (Å²) in [7, 11) is 4.24. The minimum absolute atomic E-state index is 0.0922. The number of aromatic nitrogens is 1. The summed E-state index contributed by atoms with van der Waals surface area (Å²) in [5, 5.41) is 11.1. The van der Waals surface area contributed by atoms with Crippen molar-refractivity contribution in [2.75, 3.05) is 21.3 Å². The monoisotopic (exact) mass is 382 g/mol. The normalized spacial score (nSPS) is 12.2. The van der Waals surface area contributed by atoms with Gasteiger partial charge in [0.05, 0.1) is 21.3 Å². The summed E-state index contributed by atoms with van der Waals surface area (Å²) in [5.41, 5.74) is 2.60. The number of phenols is 1. The largest absolute Gasteiger partial charge is 0.502 e. The van der Waals surface area contributed by atoms with Crippen molar-refractivity contribution in [3.8, 4) is 17.2 Å². The first-order valence-electron chi connectivity index (χ1n) is 8.68. The van der Waals surface area contributed by atoms with E-state index in [2.05, 4.69) is 9.98 Å². The van der Waals surface area contributed by atoms with E-state index in [0.29, 0.717) is 12.0 Å². The van der Waals surface area contributed by atoms with Crippen LogP contribution in [0.1, 0.15) is 11.1 Å². The summed E-state index contributed by atoms with van der Waals surface area (Å²) < 4.78 is 15.2. The van der Waals surface area contributed by atoms with Crippen molar-refractivity contribution in [2.45, 2.75) is 12.5 Å². The quantitative estimate of drug-likeness (QED) is 0.484. The molecule has 0 saturated carbocycles. The third kappa shape index (κ3) is 3.93. The molecule has 0 unspecified atom stereocenters. The van der Waals surface area contributed by atoms with Crippen LogP contribution in [0, 0.1) is 0 Å². The number of nitrogens with zero attached hydrogens (tertiary/aromatic N) is 1. The number of ether oxygens (including phenoxy) is 3. The topological polar surface area (TPSA) is 93.1 Å². The molecule has 2 N–H and O–H groups in total. The molecule has 0 aliphatic heterocycles. The molecule has 146 valence electrons. The first-order chi connectivity index (χ1) is 13.6. The number of para-hydroxylation sites is 1. The highest BCUT2D eigenvalue weighted by Gasteiger charge is 2.20. The van der Waals surface area contributed by atoms with Crippen LogP contribution >= 0.6 is 0 Å². The SMILES string of the molecule is COC(=O)[C@H](Cc1c[nH]c2ccccc12)N=Cc1cc(OC)c(O)c(OC)c1. The highest BCUT2D eigenvalue weighted by atomic mass is 16.5. The Bertz CT molecular complexity index is 984. The van der Waals surface area contributed by atoms with Gasteiger partial charge in [0.15, 0.2) is 17.5 Å². The molecule has 7 nitrogen and oxygen atoms in total. The van der Waals surface area contributed by atoms with E-state index in [1.807, 2.05) is 30.5 Å². The second kappa shape index (κ2) is 8.47. The van der Waals surface area contributed by atoms with Gasteiger partial charge in [0.1, 0.15) is 0 Å². The van der Waals surface area contributed by atoms with Crippen molar-refractivity contribution in [2.24, 2.45) is 4.99 Å². The highest BCUT2D eigenvalue weighted by molar-refractivity contribution is 5.87. The number of carbonyl (C=O) groups is 1. The molecule has 0 fully saturated rings. The molecule has 7 heteroatoms. The number of hydrogen-bond acceptors (Lipinski definition) is 6. The van der Waals surface area contributed by atoms with Crippen molar-refractivity contribution in [3.63, 3.8) is 0 Å². The summed E-state index contributed by atoms with van der Waals surface area (Å²) in [5.74, 6) is -0.0104. The third-order valence-electron chi connectivity index (χ3n) is 4.47. The number of methoxy groups -OCH3 is 3. The Morgan fingerprint density at radius 2 is 1.86 bits per heavy atom. The molecule has 3 rings (SSSR count). The fourth-order valence-corrected chi connectivity index (χ4v) is 3.01. The molecule has 0 aliphatic rings. The number of rotatable bonds is 7. The summed E-state index contributed by atoms with van der Waals surface area (Å²) in [6, 6.07) is 10.4. The maximum atomic E-state index is 12.3. The number of H-pyrrole nitrogens is 1. The lowest BCUT2D eigenvalue weighted by molar-refractivity contribution is -0.142. The van der Waals surface area contributed by atoms with Gasteiger partial charge in [0.2, 0.25) is 5.75 Å². The number of hydrogen-bond donors (Lipinski definition) is 2. The molecule has 0 amide bonds. The Balaban J connectivity index is 1.90. The number of benzene rings is 2. The van der Waals surface area contributed by atoms with Gasteiger partial charge in [-0.15, -0.1) is 0 Å². The Labute approximate surface area is 162 Å². The van der Waals surface area contributed by atoms with E-state index in [4.69, 9.17) is 14.2 Å². The average Bonchev–Trinajstić information content (AvgIpc) is 3.14. The lowest BCUT2D eigenvalue weighted by atomic mass is 10.1. The van der Waals surface area contributed by atoms with Gasteiger partial charge in [-0.25, -0.2) is 4.79 Å². The fourth-order valence-electron chi connectivity index (χ4n) is 3.01. The van der Waals surface area contributed by atoms with E-state index < -0.39 is 12.0 Å². The van der Waals surface area contributed by atoms with Gasteiger partial charge in [-0.05, 0) is 29.3 Å². The summed E-state index contributed by atoms with van der Waals surface area (Å²) >= 11 is 0. The molecule has 0 bridgehead atoms. The molecule has 1 heterocycles. The number of fused-ring (bicyclic) bond motifs is 1. The van der Waals surface area contributed by atoms with Crippen LogP contribution in [0.5, 0.6) is 17.2 Å². The van der Waals surface area contributed by atoms with Gasteiger partial charge < -0.3 is 24.3 Å². The van der Waals surface area contributed by atoms with Crippen LogP contribution in [0.2, 0.25) is 0 Å². The predicted octanol–water partition coefficient (Wildman–Crippen LogP) is 3.09. The second-order valence-corrected chi connectivity index (χ2v) is 6.15. The molecule has 2 aromatic carbocycles. The minimum atomic E-state index is -0.713. The van der Waals surface area contributed by atoms with Crippen molar-refractivity contribution in [1.82, 2.24) is 4.98 Å². The zero-order valence-electron chi connectivity index (χ0n) is 15.9. The van der Waals surface area contributed by atoms with Gasteiger partial charge in [-0.1, -0.05) is 18.2 Å². The molecule has 0 aliphatic carbocycles. The van der Waals surface area contributed by atoms with Crippen LogP contribution in [0.3, 0.4) is 0 Å². The molecule has 0 radical (unpaired) electrons. The van der Waals surface area contributed by atoms with Gasteiger partial charge in [-0.3, -0.25) is 4.99 Å². The van der Waals surface area contributed by atoms with Crippen molar-refractivity contribution < 1.29 is 24.1 Å². The number of aromatic amines is 1. The van der Waals surface area contributed by atoms with Crippen LogP contribution in [-0.4, -0.2) is 49.6 Å². The first kappa shape index (κ1) is 19.3. The molecule has 28 heavy (non-hydrogen) atoms. The number of carbonyl (C=O) groups excluding carboxylic acids is 1. The summed E-state index contributed by atoms with van der Waals surface area (Å²) in [4.78, 5) is 19.9. The Hall–Kier alpha value is -3.48. The molecule has 1 atom stereocenters. The van der Waals surface area contributed by atoms with E-state index in [0.717, 1.165) is 16.5 Å². The molecule has 3 aromatic rings. The molecular weight excluding hydrogens is 360 g/mol. The number of nitrogens with one attached hydrogen (secondary N) is 1. The zero-order valence-corrected chi connectivity index (χ0v) is 15.9. The van der Waals surface area contributed by atoms with Crippen LogP contribution in [-0.2, 0) is 16.0 Å². The maximum absolute atomic E-state index is 12.3. The van der Waals surface area contributed by atoms with Gasteiger partial charge in [0, 0.05) is 29.7 Å². The second-order valence-electron chi connectivity index (χ2n) is 6.15. The first-order valence-corrected chi connectivity index (χ1v) is 8.68. The average molecular weight is 382 g/mol. The van der Waals surface area contributed by atoms with Crippen LogP contribution in [0.25, 0.3) is 10.9 Å². The van der Waals surface area contributed by atoms with Gasteiger partial charge in [-0.2, -0.15) is 0 Å². The smallest absolute Gasteiger partial charge is 0.330 e. The van der Waals surface area contributed by atoms with Crippen LogP contribution in [0.4, 0.5) is 0 Å². The van der Waals surface area contributed by atoms with E-state index in [-0.39, 0.29) is 17.2 Å². The lowest BCUT2D eigenvalue weighted by Crippen LogP contribution is -2.23. The van der Waals surface area contributed by atoms with Crippen molar-refractivity contribution >= 4 is 23.1 Å². The molecule has 0 saturated heterocycles. The highest BCUT2D eigenvalue weighted by Crippen LogP contribution is 2.36. The predicted molar refractivity (Wildman–Crippen MR) is 107 cm³/mol. The van der Waals surface area contributed by atoms with Crippen LogP contribution in [0.15, 0.2) is 47.6 Å². The number of aliphatic imine (C=N–C) groups is 1. The number of aromatic hydroxyl groups is 1. The third-order valence-corrected chi connectivity index (χ3v) is 4.47. The van der Waals surface area contributed by atoms with Crippen molar-refractivity contribution in [3.05, 3.63) is 53.7 Å². The van der Waals surface area contributed by atoms with Gasteiger partial charge in [0.25, 0.3) is 0 Å². The molecular formula is C21H22N2O5. The van der Waals surface area contributed by atoms with Crippen molar-refractivity contribution in [1.29, 1.82) is 0 Å². The Morgan fingerprint density at radius 1 is 1.18 bits per heavy atom. The van der Waals surface area contributed by atoms with E-state index in [1.165, 1.54) is 21.3 Å². The molecule has 1 aromatic heterocycles. The van der Waals surface area contributed by atoms with E-state index in [1.54, 1.807) is 18.3 Å².